The molecule has 1 heterocycles. The van der Waals surface area contributed by atoms with Crippen molar-refractivity contribution in [2.24, 2.45) is 17.3 Å². The maximum Gasteiger partial charge on any atom is 0.171 e. The summed E-state index contributed by atoms with van der Waals surface area (Å²) in [5.74, 6) is 6.58. The van der Waals surface area contributed by atoms with E-state index in [2.05, 4.69) is 62.0 Å². The van der Waals surface area contributed by atoms with Gasteiger partial charge in [-0.3, -0.25) is 0 Å². The van der Waals surface area contributed by atoms with Crippen molar-refractivity contribution in [1.29, 1.82) is 0 Å². The lowest BCUT2D eigenvalue weighted by Crippen LogP contribution is -2.55. The molecule has 1 aliphatic heterocycles. The summed E-state index contributed by atoms with van der Waals surface area (Å²) < 4.78 is 12.1. The Kier molecular flexibility index (Phi) is 5.67. The summed E-state index contributed by atoms with van der Waals surface area (Å²) >= 11 is 0. The minimum atomic E-state index is -0.958. The first-order chi connectivity index (χ1) is 17.1. The number of nitrogens with zero attached hydrogens (tertiary/aromatic N) is 1. The van der Waals surface area contributed by atoms with E-state index in [0.717, 1.165) is 44.9 Å². The summed E-state index contributed by atoms with van der Waals surface area (Å²) in [6.45, 7) is 5.36. The molecule has 3 saturated carbocycles. The summed E-state index contributed by atoms with van der Waals surface area (Å²) in [7, 11) is 4.13. The van der Waals surface area contributed by atoms with Crippen LogP contribution in [0, 0.1) is 29.1 Å². The maximum absolute atomic E-state index is 12.1. The minimum absolute atomic E-state index is 0.164. The number of rotatable bonds is 2. The van der Waals surface area contributed by atoms with Crippen molar-refractivity contribution in [3.8, 4) is 11.8 Å². The second-order valence-electron chi connectivity index (χ2n) is 12.4. The first-order valence-electron chi connectivity index (χ1n) is 13.8. The van der Waals surface area contributed by atoms with Crippen molar-refractivity contribution in [3.05, 3.63) is 41.0 Å². The molecule has 1 saturated heterocycles. The van der Waals surface area contributed by atoms with Crippen LogP contribution >= 0.6 is 0 Å². The first kappa shape index (κ1) is 24.5. The van der Waals surface area contributed by atoms with Gasteiger partial charge in [-0.05, 0) is 80.6 Å². The van der Waals surface area contributed by atoms with E-state index in [9.17, 15) is 10.2 Å². The molecular formula is C31H41NO4. The Labute approximate surface area is 215 Å². The van der Waals surface area contributed by atoms with Crippen LogP contribution in [0.4, 0.5) is 5.69 Å². The van der Waals surface area contributed by atoms with Crippen LogP contribution in [-0.4, -0.2) is 54.5 Å². The average Bonchev–Trinajstić information content (AvgIpc) is 3.40. The van der Waals surface area contributed by atoms with Gasteiger partial charge in [0.2, 0.25) is 0 Å². The van der Waals surface area contributed by atoms with Gasteiger partial charge in [0, 0.05) is 44.0 Å². The lowest BCUT2D eigenvalue weighted by atomic mass is 9.49. The van der Waals surface area contributed by atoms with Crippen LogP contribution in [0.2, 0.25) is 0 Å². The molecule has 0 radical (unpaired) electrons. The van der Waals surface area contributed by atoms with Gasteiger partial charge in [-0.15, -0.1) is 5.92 Å². The molecule has 0 bridgehead atoms. The highest BCUT2D eigenvalue weighted by molar-refractivity contribution is 5.50. The third kappa shape index (κ3) is 3.45. The van der Waals surface area contributed by atoms with Gasteiger partial charge >= 0.3 is 0 Å². The lowest BCUT2D eigenvalue weighted by Gasteiger charge is -2.57. The number of fused-ring (bicyclic) bond motifs is 4. The second-order valence-corrected chi connectivity index (χ2v) is 12.4. The SMILES string of the molecule is CC#C[C@@]1(O)CC[C@H]2[C@@H]3CC[C@@]4(O)CC5(CCC4=C3[C@@H](c3ccc(N(C)C)cc3)C[C@@]21C)OCCO5. The van der Waals surface area contributed by atoms with Crippen LogP contribution in [0.1, 0.15) is 76.7 Å². The normalized spacial score (nSPS) is 40.8. The van der Waals surface area contributed by atoms with Crippen molar-refractivity contribution < 1.29 is 19.7 Å². The van der Waals surface area contributed by atoms with Gasteiger partial charge in [-0.25, -0.2) is 0 Å². The van der Waals surface area contributed by atoms with E-state index in [0.29, 0.717) is 31.5 Å². The zero-order valence-corrected chi connectivity index (χ0v) is 22.3. The molecule has 4 fully saturated rings. The van der Waals surface area contributed by atoms with E-state index in [1.807, 2.05) is 6.92 Å². The van der Waals surface area contributed by atoms with Gasteiger partial charge in [0.1, 0.15) is 5.60 Å². The predicted octanol–water partition coefficient (Wildman–Crippen LogP) is 4.78. The molecule has 1 aromatic rings. The van der Waals surface area contributed by atoms with E-state index in [-0.39, 0.29) is 11.3 Å². The van der Waals surface area contributed by atoms with Crippen molar-refractivity contribution in [2.45, 2.75) is 88.1 Å². The number of allylic oxidation sites excluding steroid dienone is 1. The fourth-order valence-electron chi connectivity index (χ4n) is 8.73. The van der Waals surface area contributed by atoms with Gasteiger partial charge in [0.15, 0.2) is 5.79 Å². The van der Waals surface area contributed by atoms with Crippen LogP contribution in [0.5, 0.6) is 0 Å². The Balaban J connectivity index is 1.48. The molecule has 1 spiro atoms. The number of hydrogen-bond acceptors (Lipinski definition) is 5. The highest BCUT2D eigenvalue weighted by Crippen LogP contribution is 2.67. The Bertz CT molecular complexity index is 1120. The quantitative estimate of drug-likeness (QED) is 0.461. The summed E-state index contributed by atoms with van der Waals surface area (Å²) in [6, 6.07) is 8.91. The number of anilines is 1. The van der Waals surface area contributed by atoms with Crippen molar-refractivity contribution in [3.63, 3.8) is 0 Å². The second kappa shape index (κ2) is 8.33. The van der Waals surface area contributed by atoms with E-state index < -0.39 is 17.0 Å². The van der Waals surface area contributed by atoms with Gasteiger partial charge in [-0.2, -0.15) is 0 Å². The van der Waals surface area contributed by atoms with Crippen LogP contribution < -0.4 is 4.90 Å². The molecule has 194 valence electrons. The number of hydrogen-bond donors (Lipinski definition) is 2. The molecule has 5 heteroatoms. The zero-order valence-electron chi connectivity index (χ0n) is 22.3. The standard InChI is InChI=1S/C31H41NO4/c1-5-13-30(34)15-11-25-23-10-14-29(33)20-31(35-17-18-36-31)16-12-26(29)27(23)24(19-28(25,30)2)21-6-8-22(9-7-21)32(3)4/h6-9,23-25,33-34H,10-12,14-20H2,1-4H3/t23-,24+,25-,28-,29+,30+/m0/s1. The number of ether oxygens (including phenoxy) is 2. The smallest absolute Gasteiger partial charge is 0.171 e. The molecule has 6 atom stereocenters. The molecule has 6 rings (SSSR count). The molecule has 36 heavy (non-hydrogen) atoms. The number of benzene rings is 1. The van der Waals surface area contributed by atoms with Gasteiger partial charge in [-0.1, -0.05) is 30.6 Å². The molecule has 0 amide bonds. The fourth-order valence-corrected chi connectivity index (χ4v) is 8.73. The van der Waals surface area contributed by atoms with Gasteiger partial charge < -0.3 is 24.6 Å². The van der Waals surface area contributed by atoms with E-state index in [4.69, 9.17) is 9.47 Å². The molecule has 0 aromatic heterocycles. The van der Waals surface area contributed by atoms with E-state index in [1.165, 1.54) is 22.4 Å². The van der Waals surface area contributed by atoms with Crippen molar-refractivity contribution in [2.75, 3.05) is 32.2 Å². The fraction of sp³-hybridized carbons (Fsp3) is 0.677. The molecule has 2 N–H and O–H groups in total. The first-order valence-corrected chi connectivity index (χ1v) is 13.8. The predicted molar refractivity (Wildman–Crippen MR) is 141 cm³/mol. The van der Waals surface area contributed by atoms with Gasteiger partial charge in [0.05, 0.1) is 18.8 Å². The van der Waals surface area contributed by atoms with E-state index >= 15 is 0 Å². The van der Waals surface area contributed by atoms with Crippen molar-refractivity contribution >= 4 is 5.69 Å². The molecule has 4 aliphatic carbocycles. The largest absolute Gasteiger partial charge is 0.385 e. The molecular weight excluding hydrogens is 450 g/mol. The third-order valence-electron chi connectivity index (χ3n) is 10.5. The average molecular weight is 492 g/mol. The number of aliphatic hydroxyl groups is 2. The van der Waals surface area contributed by atoms with Crippen LogP contribution in [-0.2, 0) is 9.47 Å². The Morgan fingerprint density at radius 1 is 1.00 bits per heavy atom. The van der Waals surface area contributed by atoms with Crippen molar-refractivity contribution in [1.82, 2.24) is 0 Å². The van der Waals surface area contributed by atoms with Crippen LogP contribution in [0.25, 0.3) is 0 Å². The van der Waals surface area contributed by atoms with Gasteiger partial charge in [0.25, 0.3) is 0 Å². The summed E-state index contributed by atoms with van der Waals surface area (Å²) in [4.78, 5) is 2.13. The Morgan fingerprint density at radius 2 is 1.72 bits per heavy atom. The topological polar surface area (TPSA) is 62.2 Å². The monoisotopic (exact) mass is 491 g/mol. The van der Waals surface area contributed by atoms with E-state index in [1.54, 1.807) is 0 Å². The molecule has 0 unspecified atom stereocenters. The molecule has 1 aromatic carbocycles. The Morgan fingerprint density at radius 3 is 2.39 bits per heavy atom. The maximum atomic E-state index is 12.1. The third-order valence-corrected chi connectivity index (χ3v) is 10.5. The summed E-state index contributed by atoms with van der Waals surface area (Å²) in [5, 5.41) is 24.0. The lowest BCUT2D eigenvalue weighted by molar-refractivity contribution is -0.208. The minimum Gasteiger partial charge on any atom is -0.385 e. The summed E-state index contributed by atoms with van der Waals surface area (Å²) in [6.07, 6.45) is 6.41. The highest BCUT2D eigenvalue weighted by Gasteiger charge is 2.64. The zero-order chi connectivity index (χ0) is 25.3. The van der Waals surface area contributed by atoms with Crippen LogP contribution in [0.3, 0.4) is 0 Å². The molecule has 5 aliphatic rings. The van der Waals surface area contributed by atoms with Crippen LogP contribution in [0.15, 0.2) is 35.4 Å². The Hall–Kier alpha value is -1.84. The highest BCUT2D eigenvalue weighted by atomic mass is 16.7. The molecule has 5 nitrogen and oxygen atoms in total. The summed E-state index contributed by atoms with van der Waals surface area (Å²) in [5.41, 5.74) is 3.04.